The monoisotopic (exact) mass is 486 g/mol. The first-order valence-electron chi connectivity index (χ1n) is 11.6. The van der Waals surface area contributed by atoms with Crippen LogP contribution in [-0.2, 0) is 0 Å². The summed E-state index contributed by atoms with van der Waals surface area (Å²) in [5, 5.41) is 30.3. The van der Waals surface area contributed by atoms with Gasteiger partial charge in [-0.25, -0.2) is 0 Å². The Morgan fingerprint density at radius 1 is 0.333 bits per heavy atom. The lowest BCUT2D eigenvalue weighted by Gasteiger charge is -2.15. The number of rotatable bonds is 6. The molecule has 0 aliphatic rings. The molecule has 3 N–H and O–H groups in total. The van der Waals surface area contributed by atoms with Crippen molar-refractivity contribution in [3.05, 3.63) is 88.0 Å². The van der Waals surface area contributed by atoms with Crippen molar-refractivity contribution < 1.29 is 29.5 Å². The Morgan fingerprint density at radius 3 is 0.694 bits per heavy atom. The topological polar surface area (TPSA) is 88.4 Å². The van der Waals surface area contributed by atoms with Gasteiger partial charge in [0.2, 0.25) is 0 Å². The van der Waals surface area contributed by atoms with Gasteiger partial charge in [-0.05, 0) is 111 Å². The largest absolute Gasteiger partial charge is 0.507 e. The maximum Gasteiger partial charge on any atom is 0.134 e. The molecule has 6 nitrogen and oxygen atoms in total. The predicted molar refractivity (Wildman–Crippen MR) is 139 cm³/mol. The lowest BCUT2D eigenvalue weighted by atomic mass is 10.1. The van der Waals surface area contributed by atoms with Crippen LogP contribution in [0.15, 0.2) is 54.6 Å². The second-order valence-corrected chi connectivity index (χ2v) is 9.16. The number of ether oxygens (including phenoxy) is 3. The molecule has 4 aromatic carbocycles. The fraction of sp³-hybridized carbons (Fsp3) is 0.200. The lowest BCUT2D eigenvalue weighted by Crippen LogP contribution is -1.93. The third-order valence-corrected chi connectivity index (χ3v) is 5.95. The summed E-state index contributed by atoms with van der Waals surface area (Å²) >= 11 is 0. The van der Waals surface area contributed by atoms with E-state index in [1.165, 1.54) is 0 Å². The first kappa shape index (κ1) is 24.8. The van der Waals surface area contributed by atoms with Crippen LogP contribution in [0.2, 0.25) is 0 Å². The average molecular weight is 487 g/mol. The van der Waals surface area contributed by atoms with Crippen LogP contribution in [0.4, 0.5) is 0 Å². The summed E-state index contributed by atoms with van der Waals surface area (Å²) in [6.07, 6.45) is 0. The van der Waals surface area contributed by atoms with E-state index >= 15 is 0 Å². The molecule has 0 atom stereocenters. The van der Waals surface area contributed by atoms with Crippen LogP contribution < -0.4 is 14.2 Å². The number of hydrogen-bond acceptors (Lipinski definition) is 6. The maximum absolute atomic E-state index is 10.1. The molecule has 0 aliphatic heterocycles. The Hall–Kier alpha value is -4.32. The molecular weight excluding hydrogens is 456 g/mol. The number of aromatic hydroxyl groups is 3. The zero-order valence-corrected chi connectivity index (χ0v) is 21.3. The quantitative estimate of drug-likeness (QED) is 0.256. The first-order chi connectivity index (χ1) is 17.0. The van der Waals surface area contributed by atoms with E-state index in [2.05, 4.69) is 0 Å². The van der Waals surface area contributed by atoms with Crippen molar-refractivity contribution in [1.29, 1.82) is 0 Å². The van der Waals surface area contributed by atoms with Gasteiger partial charge in [0.25, 0.3) is 0 Å². The molecule has 0 fully saturated rings. The molecule has 0 aliphatic carbocycles. The fourth-order valence-electron chi connectivity index (χ4n) is 4.06. The molecule has 0 heterocycles. The number of phenolic OH excluding ortho intramolecular Hbond substituents is 3. The molecule has 36 heavy (non-hydrogen) atoms. The summed E-state index contributed by atoms with van der Waals surface area (Å²) in [6.45, 7) is 10.9. The Morgan fingerprint density at radius 2 is 0.500 bits per heavy atom. The van der Waals surface area contributed by atoms with Crippen molar-refractivity contribution in [3.8, 4) is 51.7 Å². The number of aryl methyl sites for hydroxylation is 6. The van der Waals surface area contributed by atoms with Crippen molar-refractivity contribution in [2.75, 3.05) is 0 Å². The summed E-state index contributed by atoms with van der Waals surface area (Å²) < 4.78 is 18.4. The normalized spacial score (nSPS) is 10.8. The smallest absolute Gasteiger partial charge is 0.134 e. The van der Waals surface area contributed by atoms with Gasteiger partial charge in [0, 0.05) is 18.2 Å². The summed E-state index contributed by atoms with van der Waals surface area (Å²) in [7, 11) is 0. The van der Waals surface area contributed by atoms with E-state index in [-0.39, 0.29) is 17.2 Å². The van der Waals surface area contributed by atoms with Crippen LogP contribution in [0.3, 0.4) is 0 Å². The van der Waals surface area contributed by atoms with Gasteiger partial charge in [0.15, 0.2) is 0 Å². The van der Waals surface area contributed by atoms with Crippen molar-refractivity contribution >= 4 is 0 Å². The van der Waals surface area contributed by atoms with Crippen LogP contribution >= 0.6 is 0 Å². The van der Waals surface area contributed by atoms with E-state index in [1.54, 1.807) is 54.6 Å². The second kappa shape index (κ2) is 9.74. The van der Waals surface area contributed by atoms with E-state index in [0.29, 0.717) is 67.9 Å². The molecule has 0 spiro atoms. The SMILES string of the molecule is Cc1cc(Oc2cc(Oc3cc(C)c(O)c(C)c3)cc(Oc3cc(C)c(O)c(C)c3)c2)cc(C)c1O. The lowest BCUT2D eigenvalue weighted by molar-refractivity contribution is 0.432. The zero-order chi connectivity index (χ0) is 26.1. The Balaban J connectivity index is 1.73. The maximum atomic E-state index is 10.1. The summed E-state index contributed by atoms with van der Waals surface area (Å²) in [4.78, 5) is 0. The Bertz CT molecular complexity index is 1200. The minimum Gasteiger partial charge on any atom is -0.507 e. The van der Waals surface area contributed by atoms with Gasteiger partial charge in [0.05, 0.1) is 0 Å². The van der Waals surface area contributed by atoms with Crippen LogP contribution in [0.1, 0.15) is 33.4 Å². The van der Waals surface area contributed by atoms with Gasteiger partial charge in [0.1, 0.15) is 51.7 Å². The van der Waals surface area contributed by atoms with Crippen LogP contribution in [-0.4, -0.2) is 15.3 Å². The molecule has 186 valence electrons. The molecule has 4 aromatic rings. The van der Waals surface area contributed by atoms with Crippen molar-refractivity contribution in [3.63, 3.8) is 0 Å². The van der Waals surface area contributed by atoms with E-state index < -0.39 is 0 Å². The Kier molecular flexibility index (Phi) is 6.71. The van der Waals surface area contributed by atoms with E-state index in [4.69, 9.17) is 14.2 Å². The molecule has 6 heteroatoms. The summed E-state index contributed by atoms with van der Waals surface area (Å²) in [5.74, 6) is 3.85. The molecule has 0 saturated carbocycles. The molecule has 4 rings (SSSR count). The van der Waals surface area contributed by atoms with Gasteiger partial charge >= 0.3 is 0 Å². The van der Waals surface area contributed by atoms with E-state index in [1.807, 2.05) is 41.5 Å². The minimum atomic E-state index is 0.236. The highest BCUT2D eigenvalue weighted by Crippen LogP contribution is 2.39. The van der Waals surface area contributed by atoms with Crippen LogP contribution in [0.5, 0.6) is 51.7 Å². The van der Waals surface area contributed by atoms with Gasteiger partial charge < -0.3 is 29.5 Å². The van der Waals surface area contributed by atoms with Gasteiger partial charge in [-0.2, -0.15) is 0 Å². The number of benzene rings is 4. The third-order valence-electron chi connectivity index (χ3n) is 5.95. The number of phenols is 3. The van der Waals surface area contributed by atoms with Crippen LogP contribution in [0, 0.1) is 41.5 Å². The van der Waals surface area contributed by atoms with Gasteiger partial charge in [-0.15, -0.1) is 0 Å². The average Bonchev–Trinajstić information content (AvgIpc) is 2.79. The molecule has 0 radical (unpaired) electrons. The third kappa shape index (κ3) is 5.33. The summed E-state index contributed by atoms with van der Waals surface area (Å²) in [5.41, 5.74) is 4.24. The van der Waals surface area contributed by atoms with E-state index in [0.717, 1.165) is 0 Å². The summed E-state index contributed by atoms with van der Waals surface area (Å²) in [6, 6.07) is 15.8. The Labute approximate surface area is 211 Å². The molecule has 0 aromatic heterocycles. The van der Waals surface area contributed by atoms with Crippen molar-refractivity contribution in [1.82, 2.24) is 0 Å². The number of hydrogen-bond donors (Lipinski definition) is 3. The highest BCUT2D eigenvalue weighted by atomic mass is 16.5. The van der Waals surface area contributed by atoms with Gasteiger partial charge in [-0.3, -0.25) is 0 Å². The standard InChI is InChI=1S/C30H30O6/c1-16-7-22(8-17(2)28(16)31)34-25-13-26(35-23-9-18(3)29(32)19(4)10-23)15-27(14-25)36-24-11-20(5)30(33)21(6)12-24/h7-15,31-33H,1-6H3. The van der Waals surface area contributed by atoms with Crippen molar-refractivity contribution in [2.45, 2.75) is 41.5 Å². The molecule has 0 amide bonds. The first-order valence-corrected chi connectivity index (χ1v) is 11.6. The molecule has 0 unspecified atom stereocenters. The molecule has 0 bridgehead atoms. The van der Waals surface area contributed by atoms with Gasteiger partial charge in [-0.1, -0.05) is 0 Å². The second-order valence-electron chi connectivity index (χ2n) is 9.16. The van der Waals surface area contributed by atoms with E-state index in [9.17, 15) is 15.3 Å². The highest BCUT2D eigenvalue weighted by molar-refractivity contribution is 5.52. The predicted octanol–water partition coefficient (Wildman–Crippen LogP) is 8.03. The minimum absolute atomic E-state index is 0.236. The zero-order valence-electron chi connectivity index (χ0n) is 21.3. The highest BCUT2D eigenvalue weighted by Gasteiger charge is 2.13. The van der Waals surface area contributed by atoms with Crippen LogP contribution in [0.25, 0.3) is 0 Å². The molecular formula is C30H30O6. The fourth-order valence-corrected chi connectivity index (χ4v) is 4.06. The van der Waals surface area contributed by atoms with Crippen molar-refractivity contribution in [2.24, 2.45) is 0 Å². The molecule has 0 saturated heterocycles.